The number of aryl methyl sites for hydroxylation is 1. The molecule has 0 saturated carbocycles. The molecule has 0 atom stereocenters. The number of carbonyl (C=O) groups is 1. The second-order valence-electron chi connectivity index (χ2n) is 3.50. The number of thiazole rings is 1. The molecule has 0 spiro atoms. The summed E-state index contributed by atoms with van der Waals surface area (Å²) in [6, 6.07) is 3.53. The molecule has 18 heavy (non-hydrogen) atoms. The van der Waals surface area contributed by atoms with E-state index in [9.17, 15) is 4.79 Å². The van der Waals surface area contributed by atoms with Gasteiger partial charge in [0.2, 0.25) is 0 Å². The number of nitrogens with zero attached hydrogens (tertiary/aromatic N) is 2. The number of hydrogen-bond acceptors (Lipinski definition) is 5. The van der Waals surface area contributed by atoms with E-state index in [1.807, 2.05) is 13.0 Å². The molecule has 0 aromatic carbocycles. The minimum atomic E-state index is -0.408. The van der Waals surface area contributed by atoms with Crippen LogP contribution in [-0.2, 0) is 11.2 Å². The molecule has 0 aliphatic rings. The molecule has 94 valence electrons. The number of methoxy groups -OCH3 is 1. The van der Waals surface area contributed by atoms with E-state index in [1.165, 1.54) is 18.4 Å². The molecular weight excluding hydrogens is 272 g/mol. The van der Waals surface area contributed by atoms with Crippen molar-refractivity contribution < 1.29 is 9.53 Å². The summed E-state index contributed by atoms with van der Waals surface area (Å²) < 4.78 is 4.72. The highest BCUT2D eigenvalue weighted by molar-refractivity contribution is 7.15. The molecule has 0 fully saturated rings. The van der Waals surface area contributed by atoms with Crippen LogP contribution in [0.4, 0.5) is 0 Å². The molecule has 2 rings (SSSR count). The maximum Gasteiger partial charge on any atom is 0.357 e. The van der Waals surface area contributed by atoms with E-state index in [-0.39, 0.29) is 0 Å². The van der Waals surface area contributed by atoms with Gasteiger partial charge in [-0.25, -0.2) is 14.8 Å². The molecule has 0 N–H and O–H groups in total. The van der Waals surface area contributed by atoms with Gasteiger partial charge >= 0.3 is 5.97 Å². The third kappa shape index (κ3) is 2.52. The van der Waals surface area contributed by atoms with Crippen molar-refractivity contribution in [1.29, 1.82) is 0 Å². The molecule has 0 unspecified atom stereocenters. The third-order valence-corrected chi connectivity index (χ3v) is 3.83. The Balaban J connectivity index is 2.47. The number of ether oxygens (including phenoxy) is 1. The van der Waals surface area contributed by atoms with Crippen molar-refractivity contribution in [3.8, 4) is 10.6 Å². The molecular formula is C12H11ClN2O2S. The maximum atomic E-state index is 11.6. The summed E-state index contributed by atoms with van der Waals surface area (Å²) >= 11 is 7.31. The topological polar surface area (TPSA) is 52.1 Å². The van der Waals surface area contributed by atoms with Crippen LogP contribution < -0.4 is 0 Å². The van der Waals surface area contributed by atoms with Gasteiger partial charge in [0.05, 0.1) is 7.11 Å². The Bertz CT molecular complexity index is 583. The van der Waals surface area contributed by atoms with E-state index >= 15 is 0 Å². The summed E-state index contributed by atoms with van der Waals surface area (Å²) in [5.74, 6) is -0.408. The molecule has 0 bridgehead atoms. The second-order valence-corrected chi connectivity index (χ2v) is 4.97. The molecule has 0 radical (unpaired) electrons. The molecule has 0 saturated heterocycles. The number of halogens is 1. The van der Waals surface area contributed by atoms with Gasteiger partial charge in [-0.2, -0.15) is 0 Å². The monoisotopic (exact) mass is 282 g/mol. The van der Waals surface area contributed by atoms with Crippen molar-refractivity contribution in [1.82, 2.24) is 9.97 Å². The van der Waals surface area contributed by atoms with E-state index in [0.717, 1.165) is 21.9 Å². The average Bonchev–Trinajstić information content (AvgIpc) is 2.82. The van der Waals surface area contributed by atoms with E-state index in [2.05, 4.69) is 9.97 Å². The van der Waals surface area contributed by atoms with Crippen molar-refractivity contribution in [2.45, 2.75) is 13.3 Å². The van der Waals surface area contributed by atoms with Gasteiger partial charge in [0.15, 0.2) is 5.69 Å². The lowest BCUT2D eigenvalue weighted by Gasteiger charge is -1.96. The molecule has 0 amide bonds. The van der Waals surface area contributed by atoms with Gasteiger partial charge in [0.25, 0.3) is 0 Å². The molecule has 2 aromatic rings. The predicted octanol–water partition coefficient (Wildman–Crippen LogP) is 3.21. The van der Waals surface area contributed by atoms with Crippen molar-refractivity contribution in [3.05, 3.63) is 34.1 Å². The second kappa shape index (κ2) is 5.46. The van der Waals surface area contributed by atoms with E-state index in [4.69, 9.17) is 16.3 Å². The van der Waals surface area contributed by atoms with Crippen LogP contribution in [0.25, 0.3) is 10.6 Å². The Morgan fingerprint density at radius 1 is 1.56 bits per heavy atom. The lowest BCUT2D eigenvalue weighted by atomic mass is 10.3. The van der Waals surface area contributed by atoms with Crippen molar-refractivity contribution in [2.75, 3.05) is 7.11 Å². The first-order valence-corrected chi connectivity index (χ1v) is 6.55. The third-order valence-electron chi connectivity index (χ3n) is 2.37. The first kappa shape index (κ1) is 13.0. The highest BCUT2D eigenvalue weighted by Crippen LogP contribution is 2.29. The van der Waals surface area contributed by atoms with Gasteiger partial charge in [-0.3, -0.25) is 0 Å². The van der Waals surface area contributed by atoms with Crippen LogP contribution in [0, 0.1) is 0 Å². The summed E-state index contributed by atoms with van der Waals surface area (Å²) in [6.45, 7) is 1.98. The predicted molar refractivity (Wildman–Crippen MR) is 71.1 cm³/mol. The Kier molecular flexibility index (Phi) is 3.93. The zero-order valence-electron chi connectivity index (χ0n) is 9.94. The molecule has 4 nitrogen and oxygen atoms in total. The summed E-state index contributed by atoms with van der Waals surface area (Å²) in [5.41, 5.74) is 1.23. The number of esters is 1. The first-order valence-electron chi connectivity index (χ1n) is 5.35. The summed E-state index contributed by atoms with van der Waals surface area (Å²) in [6.07, 6.45) is 2.35. The molecule has 6 heteroatoms. The molecule has 0 aliphatic carbocycles. The van der Waals surface area contributed by atoms with Gasteiger partial charge in [0, 0.05) is 16.6 Å². The summed E-state index contributed by atoms with van der Waals surface area (Å²) in [7, 11) is 1.35. The van der Waals surface area contributed by atoms with Gasteiger partial charge in [-0.05, 0) is 18.6 Å². The Labute approximate surface area is 114 Å². The molecule has 2 aromatic heterocycles. The smallest absolute Gasteiger partial charge is 0.357 e. The van der Waals surface area contributed by atoms with E-state index in [0.29, 0.717) is 10.8 Å². The number of rotatable bonds is 3. The van der Waals surface area contributed by atoms with Crippen LogP contribution in [0.3, 0.4) is 0 Å². The quantitative estimate of drug-likeness (QED) is 0.641. The normalized spacial score (nSPS) is 10.4. The van der Waals surface area contributed by atoms with Crippen molar-refractivity contribution >= 4 is 28.9 Å². The van der Waals surface area contributed by atoms with E-state index < -0.39 is 5.97 Å². The fraction of sp³-hybridized carbons (Fsp3) is 0.250. The number of aromatic nitrogens is 2. The fourth-order valence-corrected chi connectivity index (χ4v) is 2.67. The van der Waals surface area contributed by atoms with Gasteiger partial charge < -0.3 is 4.74 Å². The minimum absolute atomic E-state index is 0.382. The zero-order chi connectivity index (χ0) is 13.1. The Morgan fingerprint density at radius 2 is 2.33 bits per heavy atom. The number of carbonyl (C=O) groups excluding carboxylic acids is 1. The minimum Gasteiger partial charge on any atom is -0.464 e. The van der Waals surface area contributed by atoms with Crippen LogP contribution in [0.1, 0.15) is 22.3 Å². The van der Waals surface area contributed by atoms with Crippen LogP contribution >= 0.6 is 22.9 Å². The standard InChI is InChI=1S/C12H11ClN2O2S/c1-3-8-10(12(16)17-2)15-11(18-8)7-4-5-14-9(13)6-7/h4-6H,3H2,1-2H3. The van der Waals surface area contributed by atoms with Crippen LogP contribution in [0.2, 0.25) is 5.15 Å². The summed E-state index contributed by atoms with van der Waals surface area (Å²) in [4.78, 5) is 20.7. The number of hydrogen-bond donors (Lipinski definition) is 0. The zero-order valence-corrected chi connectivity index (χ0v) is 11.5. The molecule has 2 heterocycles. The fourth-order valence-electron chi connectivity index (χ4n) is 1.51. The van der Waals surface area contributed by atoms with Crippen LogP contribution in [-0.4, -0.2) is 23.0 Å². The lowest BCUT2D eigenvalue weighted by molar-refractivity contribution is 0.0594. The van der Waals surface area contributed by atoms with Gasteiger partial charge in [-0.15, -0.1) is 11.3 Å². The number of pyridine rings is 1. The highest BCUT2D eigenvalue weighted by atomic mass is 35.5. The highest BCUT2D eigenvalue weighted by Gasteiger charge is 2.18. The first-order chi connectivity index (χ1) is 8.65. The lowest BCUT2D eigenvalue weighted by Crippen LogP contribution is -2.04. The van der Waals surface area contributed by atoms with Crippen LogP contribution in [0.5, 0.6) is 0 Å². The Hall–Kier alpha value is -1.46. The average molecular weight is 283 g/mol. The Morgan fingerprint density at radius 3 is 2.94 bits per heavy atom. The molecule has 0 aliphatic heterocycles. The van der Waals surface area contributed by atoms with Gasteiger partial charge in [0.1, 0.15) is 10.2 Å². The van der Waals surface area contributed by atoms with Gasteiger partial charge in [-0.1, -0.05) is 18.5 Å². The largest absolute Gasteiger partial charge is 0.464 e. The van der Waals surface area contributed by atoms with E-state index in [1.54, 1.807) is 12.3 Å². The maximum absolute atomic E-state index is 11.6. The van der Waals surface area contributed by atoms with Crippen LogP contribution in [0.15, 0.2) is 18.3 Å². The SMILES string of the molecule is CCc1sc(-c2ccnc(Cl)c2)nc1C(=O)OC. The van der Waals surface area contributed by atoms with Crippen molar-refractivity contribution in [3.63, 3.8) is 0 Å². The summed E-state index contributed by atoms with van der Waals surface area (Å²) in [5, 5.41) is 1.15. The van der Waals surface area contributed by atoms with Crippen molar-refractivity contribution in [2.24, 2.45) is 0 Å².